The molecule has 0 bridgehead atoms. The van der Waals surface area contributed by atoms with Crippen molar-refractivity contribution < 1.29 is 4.79 Å². The Morgan fingerprint density at radius 1 is 1.03 bits per heavy atom. The molecule has 5 aromatic rings. The molecule has 0 unspecified atom stereocenters. The Labute approximate surface area is 216 Å². The average molecular weight is 493 g/mol. The van der Waals surface area contributed by atoms with Crippen molar-refractivity contribution in [2.45, 2.75) is 19.4 Å². The van der Waals surface area contributed by atoms with Crippen molar-refractivity contribution in [1.29, 1.82) is 0 Å². The highest BCUT2D eigenvalue weighted by Gasteiger charge is 2.18. The number of carbonyl (C=O) groups is 1. The molecule has 4 heterocycles. The molecular formula is C30H32N6O. The second-order valence-electron chi connectivity index (χ2n) is 10.5. The van der Waals surface area contributed by atoms with Crippen LogP contribution in [0.3, 0.4) is 0 Å². The van der Waals surface area contributed by atoms with Crippen molar-refractivity contribution in [2.75, 3.05) is 34.2 Å². The zero-order valence-electron chi connectivity index (χ0n) is 21.6. The molecular weight excluding hydrogens is 460 g/mol. The van der Waals surface area contributed by atoms with Crippen molar-refractivity contribution in [1.82, 2.24) is 29.5 Å². The molecule has 1 saturated heterocycles. The number of carbonyl (C=O) groups excluding carboxylic acids is 1. The molecule has 1 aliphatic rings. The number of piperidine rings is 1. The molecule has 7 nitrogen and oxygen atoms in total. The first-order valence-corrected chi connectivity index (χ1v) is 12.9. The Morgan fingerprint density at radius 2 is 1.78 bits per heavy atom. The number of amides is 1. The first-order chi connectivity index (χ1) is 17.9. The second kappa shape index (κ2) is 9.48. The molecule has 1 aliphatic heterocycles. The first-order valence-electron chi connectivity index (χ1n) is 12.9. The molecule has 0 atom stereocenters. The van der Waals surface area contributed by atoms with Gasteiger partial charge in [0.2, 0.25) is 0 Å². The van der Waals surface area contributed by atoms with E-state index in [4.69, 9.17) is 10.1 Å². The van der Waals surface area contributed by atoms with Gasteiger partial charge in [0.1, 0.15) is 5.65 Å². The lowest BCUT2D eigenvalue weighted by Gasteiger charge is -2.28. The summed E-state index contributed by atoms with van der Waals surface area (Å²) in [6.45, 7) is 3.33. The van der Waals surface area contributed by atoms with Gasteiger partial charge in [0.05, 0.1) is 5.52 Å². The minimum absolute atomic E-state index is 0.000473. The summed E-state index contributed by atoms with van der Waals surface area (Å²) >= 11 is 0. The van der Waals surface area contributed by atoms with Gasteiger partial charge in [-0.2, -0.15) is 5.10 Å². The zero-order valence-corrected chi connectivity index (χ0v) is 21.6. The van der Waals surface area contributed by atoms with Crippen molar-refractivity contribution in [3.63, 3.8) is 0 Å². The number of H-pyrrole nitrogens is 1. The lowest BCUT2D eigenvalue weighted by Crippen LogP contribution is -2.31. The van der Waals surface area contributed by atoms with E-state index in [-0.39, 0.29) is 5.91 Å². The van der Waals surface area contributed by atoms with Crippen LogP contribution in [-0.2, 0) is 6.54 Å². The van der Waals surface area contributed by atoms with Crippen LogP contribution < -0.4 is 0 Å². The van der Waals surface area contributed by atoms with Crippen LogP contribution in [-0.4, -0.2) is 69.7 Å². The number of hydrogen-bond donors (Lipinski definition) is 1. The van der Waals surface area contributed by atoms with Crippen LogP contribution in [0.2, 0.25) is 0 Å². The Kier molecular flexibility index (Phi) is 6.00. The lowest BCUT2D eigenvalue weighted by molar-refractivity contribution is 0.0827. The molecule has 188 valence electrons. The predicted octanol–water partition coefficient (Wildman–Crippen LogP) is 5.29. The van der Waals surface area contributed by atoms with E-state index in [0.717, 1.165) is 50.7 Å². The number of likely N-dealkylation sites (tertiary alicyclic amines) is 1. The van der Waals surface area contributed by atoms with E-state index >= 15 is 0 Å². The van der Waals surface area contributed by atoms with Crippen LogP contribution in [0.15, 0.2) is 67.1 Å². The molecule has 37 heavy (non-hydrogen) atoms. The third-order valence-corrected chi connectivity index (χ3v) is 7.55. The molecule has 1 N–H and O–H groups in total. The van der Waals surface area contributed by atoms with Gasteiger partial charge in [-0.25, -0.2) is 4.98 Å². The van der Waals surface area contributed by atoms with Gasteiger partial charge in [-0.3, -0.25) is 9.48 Å². The van der Waals surface area contributed by atoms with E-state index in [0.29, 0.717) is 11.5 Å². The number of rotatable bonds is 5. The average Bonchev–Trinajstić information content (AvgIpc) is 3.52. The second-order valence-corrected chi connectivity index (χ2v) is 10.5. The molecule has 0 spiro atoms. The summed E-state index contributed by atoms with van der Waals surface area (Å²) in [6, 6.07) is 16.4. The van der Waals surface area contributed by atoms with Gasteiger partial charge in [0.15, 0.2) is 0 Å². The van der Waals surface area contributed by atoms with Crippen LogP contribution >= 0.6 is 0 Å². The smallest absolute Gasteiger partial charge is 0.253 e. The maximum absolute atomic E-state index is 12.3. The number of aromatic nitrogens is 4. The number of aromatic amines is 1. The number of nitrogens with one attached hydrogen (secondary N) is 1. The molecule has 0 aliphatic carbocycles. The maximum Gasteiger partial charge on any atom is 0.253 e. The number of pyridine rings is 1. The van der Waals surface area contributed by atoms with E-state index in [2.05, 4.69) is 52.1 Å². The molecule has 6 rings (SSSR count). The van der Waals surface area contributed by atoms with Crippen LogP contribution in [0.5, 0.6) is 0 Å². The molecule has 2 aromatic carbocycles. The minimum atomic E-state index is -0.000473. The van der Waals surface area contributed by atoms with Crippen molar-refractivity contribution in [2.24, 2.45) is 5.92 Å². The SMILES string of the molecule is CN1CCC(Cn2cc3cc(-c4cnc5[nH]cc(-c6ccc(C(=O)N(C)C)cc6)c5c4)ccc3n2)CC1. The topological polar surface area (TPSA) is 70.1 Å². The monoisotopic (exact) mass is 492 g/mol. The third-order valence-electron chi connectivity index (χ3n) is 7.55. The van der Waals surface area contributed by atoms with E-state index in [9.17, 15) is 4.79 Å². The molecule has 0 radical (unpaired) electrons. The fourth-order valence-corrected chi connectivity index (χ4v) is 5.31. The van der Waals surface area contributed by atoms with E-state index in [1.54, 1.807) is 19.0 Å². The number of nitrogens with zero attached hydrogens (tertiary/aromatic N) is 5. The fraction of sp³-hybridized carbons (Fsp3) is 0.300. The number of hydrogen-bond acceptors (Lipinski definition) is 4. The Morgan fingerprint density at radius 3 is 2.54 bits per heavy atom. The summed E-state index contributed by atoms with van der Waals surface area (Å²) in [7, 11) is 5.73. The Bertz CT molecular complexity index is 1570. The van der Waals surface area contributed by atoms with Crippen molar-refractivity contribution in [3.05, 3.63) is 72.7 Å². The van der Waals surface area contributed by atoms with Crippen LogP contribution in [0.1, 0.15) is 23.2 Å². The summed E-state index contributed by atoms with van der Waals surface area (Å²) in [4.78, 5) is 24.3. The third kappa shape index (κ3) is 4.62. The maximum atomic E-state index is 12.3. The van der Waals surface area contributed by atoms with E-state index in [1.807, 2.05) is 36.7 Å². The van der Waals surface area contributed by atoms with Gasteiger partial charge >= 0.3 is 0 Å². The summed E-state index contributed by atoms with van der Waals surface area (Å²) in [6.07, 6.45) is 8.56. The van der Waals surface area contributed by atoms with Gasteiger partial charge in [-0.15, -0.1) is 0 Å². The normalized spacial score (nSPS) is 15.0. The zero-order chi connectivity index (χ0) is 25.5. The summed E-state index contributed by atoms with van der Waals surface area (Å²) in [5, 5.41) is 7.05. The quantitative estimate of drug-likeness (QED) is 0.362. The summed E-state index contributed by atoms with van der Waals surface area (Å²) < 4.78 is 2.13. The molecule has 1 fully saturated rings. The molecule has 3 aromatic heterocycles. The van der Waals surface area contributed by atoms with E-state index < -0.39 is 0 Å². The van der Waals surface area contributed by atoms with Gasteiger partial charge in [0, 0.05) is 66.7 Å². The van der Waals surface area contributed by atoms with Gasteiger partial charge < -0.3 is 14.8 Å². The largest absolute Gasteiger partial charge is 0.346 e. The van der Waals surface area contributed by atoms with Crippen molar-refractivity contribution >= 4 is 27.8 Å². The standard InChI is InChI=1S/C30H32N6O/c1-34(2)30(37)22-6-4-21(5-7-22)27-17-32-29-26(27)15-24(16-31-29)23-8-9-28-25(14-23)19-36(33-28)18-20-10-12-35(3)13-11-20/h4-9,14-17,19-20H,10-13,18H2,1-3H3,(H,31,32). The summed E-state index contributed by atoms with van der Waals surface area (Å²) in [5.74, 6) is 0.693. The lowest BCUT2D eigenvalue weighted by atomic mass is 9.97. The van der Waals surface area contributed by atoms with Gasteiger partial charge in [-0.1, -0.05) is 18.2 Å². The predicted molar refractivity (Wildman–Crippen MR) is 148 cm³/mol. The molecule has 7 heteroatoms. The highest BCUT2D eigenvalue weighted by atomic mass is 16.2. The minimum Gasteiger partial charge on any atom is -0.346 e. The molecule has 1 amide bonds. The fourth-order valence-electron chi connectivity index (χ4n) is 5.31. The van der Waals surface area contributed by atoms with Crippen LogP contribution in [0, 0.1) is 5.92 Å². The van der Waals surface area contributed by atoms with Crippen molar-refractivity contribution in [3.8, 4) is 22.3 Å². The summed E-state index contributed by atoms with van der Waals surface area (Å²) in [5.41, 5.74) is 6.86. The number of fused-ring (bicyclic) bond motifs is 2. The van der Waals surface area contributed by atoms with Crippen LogP contribution in [0.25, 0.3) is 44.2 Å². The first kappa shape index (κ1) is 23.4. The highest BCUT2D eigenvalue weighted by Crippen LogP contribution is 2.32. The van der Waals surface area contributed by atoms with Gasteiger partial charge in [-0.05, 0) is 80.4 Å². The Balaban J connectivity index is 1.28. The number of benzene rings is 2. The van der Waals surface area contributed by atoms with Crippen LogP contribution in [0.4, 0.5) is 0 Å². The molecule has 0 saturated carbocycles. The Hall–Kier alpha value is -3.97. The van der Waals surface area contributed by atoms with Gasteiger partial charge in [0.25, 0.3) is 5.91 Å². The van der Waals surface area contributed by atoms with E-state index in [1.165, 1.54) is 25.9 Å². The highest BCUT2D eigenvalue weighted by molar-refractivity contribution is 5.98.